The highest BCUT2D eigenvalue weighted by atomic mass is 16.5. The topological polar surface area (TPSA) is 76.4 Å². The molecule has 1 aliphatic heterocycles. The molecule has 2 heterocycles. The molecule has 6 nitrogen and oxygen atoms in total. The third kappa shape index (κ3) is 5.14. The number of amides is 1. The fourth-order valence-corrected chi connectivity index (χ4v) is 3.39. The van der Waals surface area contributed by atoms with Crippen molar-refractivity contribution < 1.29 is 14.1 Å². The number of methoxy groups -OCH3 is 1. The molecule has 0 aliphatic carbocycles. The second-order valence-corrected chi connectivity index (χ2v) is 6.55. The Morgan fingerprint density at radius 1 is 1.36 bits per heavy atom. The van der Waals surface area contributed by atoms with Crippen molar-refractivity contribution >= 4 is 11.6 Å². The minimum Gasteiger partial charge on any atom is -0.377 e. The molecule has 25 heavy (non-hydrogen) atoms. The van der Waals surface area contributed by atoms with E-state index >= 15 is 0 Å². The number of nitrogens with zero attached hydrogens (tertiary/aromatic N) is 1. The summed E-state index contributed by atoms with van der Waals surface area (Å²) >= 11 is 0. The van der Waals surface area contributed by atoms with Gasteiger partial charge in [0.05, 0.1) is 5.69 Å². The first kappa shape index (κ1) is 17.6. The van der Waals surface area contributed by atoms with Gasteiger partial charge in [0.15, 0.2) is 5.76 Å². The molecule has 2 N–H and O–H groups in total. The van der Waals surface area contributed by atoms with Crippen molar-refractivity contribution in [3.8, 4) is 0 Å². The molecule has 1 saturated heterocycles. The van der Waals surface area contributed by atoms with Crippen LogP contribution >= 0.6 is 0 Å². The van der Waals surface area contributed by atoms with Crippen LogP contribution < -0.4 is 10.6 Å². The zero-order valence-corrected chi connectivity index (χ0v) is 14.5. The predicted octanol–water partition coefficient (Wildman–Crippen LogP) is 2.62. The molecule has 0 radical (unpaired) electrons. The lowest BCUT2D eigenvalue weighted by molar-refractivity contribution is -0.117. The molecule has 0 saturated carbocycles. The largest absolute Gasteiger partial charge is 0.377 e. The van der Waals surface area contributed by atoms with E-state index in [9.17, 15) is 4.79 Å². The molecule has 0 spiro atoms. The normalized spacial score (nSPS) is 20.4. The monoisotopic (exact) mass is 343 g/mol. The second-order valence-electron chi connectivity index (χ2n) is 6.55. The first-order valence-electron chi connectivity index (χ1n) is 8.73. The zero-order valence-electron chi connectivity index (χ0n) is 14.5. The highest BCUT2D eigenvalue weighted by molar-refractivity contribution is 5.90. The molecular formula is C19H25N3O3. The summed E-state index contributed by atoms with van der Waals surface area (Å²) in [6, 6.07) is 11.5. The summed E-state index contributed by atoms with van der Waals surface area (Å²) in [5.41, 5.74) is 1.77. The van der Waals surface area contributed by atoms with E-state index in [1.54, 1.807) is 7.11 Å². The molecule has 1 aliphatic rings. The van der Waals surface area contributed by atoms with Gasteiger partial charge in [0.25, 0.3) is 0 Å². The van der Waals surface area contributed by atoms with Crippen molar-refractivity contribution in [1.29, 1.82) is 0 Å². The smallest absolute Gasteiger partial charge is 0.224 e. The summed E-state index contributed by atoms with van der Waals surface area (Å²) in [7, 11) is 1.63. The van der Waals surface area contributed by atoms with Gasteiger partial charge in [-0.15, -0.1) is 0 Å². The SMILES string of the molecule is COCc1cc(CC2CNCCC2CC(=O)Nc2ccccc2)no1. The first-order valence-corrected chi connectivity index (χ1v) is 8.73. The van der Waals surface area contributed by atoms with Crippen molar-refractivity contribution in [3.63, 3.8) is 0 Å². The minimum absolute atomic E-state index is 0.0725. The van der Waals surface area contributed by atoms with Crippen molar-refractivity contribution in [2.45, 2.75) is 25.9 Å². The number of aromatic nitrogens is 1. The third-order valence-corrected chi connectivity index (χ3v) is 4.64. The van der Waals surface area contributed by atoms with E-state index in [2.05, 4.69) is 15.8 Å². The highest BCUT2D eigenvalue weighted by Crippen LogP contribution is 2.26. The number of anilines is 1. The lowest BCUT2D eigenvalue weighted by atomic mass is 9.81. The maximum absolute atomic E-state index is 12.4. The van der Waals surface area contributed by atoms with E-state index in [4.69, 9.17) is 9.26 Å². The van der Waals surface area contributed by atoms with Gasteiger partial charge in [-0.2, -0.15) is 0 Å². The van der Waals surface area contributed by atoms with Gasteiger partial charge in [0.1, 0.15) is 6.61 Å². The third-order valence-electron chi connectivity index (χ3n) is 4.64. The Bertz CT molecular complexity index is 672. The molecule has 2 atom stereocenters. The molecule has 1 aromatic carbocycles. The summed E-state index contributed by atoms with van der Waals surface area (Å²) in [5, 5.41) is 10.5. The fourth-order valence-electron chi connectivity index (χ4n) is 3.39. The Balaban J connectivity index is 1.57. The molecule has 1 fully saturated rings. The molecular weight excluding hydrogens is 318 g/mol. The maximum atomic E-state index is 12.4. The van der Waals surface area contributed by atoms with Crippen molar-refractivity contribution in [2.75, 3.05) is 25.5 Å². The van der Waals surface area contributed by atoms with Crippen LogP contribution in [0.25, 0.3) is 0 Å². The lowest BCUT2D eigenvalue weighted by Crippen LogP contribution is -2.39. The first-order chi connectivity index (χ1) is 12.2. The summed E-state index contributed by atoms with van der Waals surface area (Å²) in [5.74, 6) is 1.52. The van der Waals surface area contributed by atoms with E-state index in [0.29, 0.717) is 24.9 Å². The Morgan fingerprint density at radius 2 is 2.20 bits per heavy atom. The summed E-state index contributed by atoms with van der Waals surface area (Å²) in [6.45, 7) is 2.28. The van der Waals surface area contributed by atoms with Gasteiger partial charge in [-0.3, -0.25) is 4.79 Å². The average molecular weight is 343 g/mol. The van der Waals surface area contributed by atoms with Gasteiger partial charge in [0.2, 0.25) is 5.91 Å². The van der Waals surface area contributed by atoms with E-state index in [1.807, 2.05) is 36.4 Å². The van der Waals surface area contributed by atoms with Crippen molar-refractivity contribution in [2.24, 2.45) is 11.8 Å². The van der Waals surface area contributed by atoms with Crippen molar-refractivity contribution in [3.05, 3.63) is 47.9 Å². The maximum Gasteiger partial charge on any atom is 0.224 e. The molecule has 1 amide bonds. The van der Waals surface area contributed by atoms with Crippen molar-refractivity contribution in [1.82, 2.24) is 10.5 Å². The zero-order chi connectivity index (χ0) is 17.5. The van der Waals surface area contributed by atoms with Gasteiger partial charge in [0, 0.05) is 25.3 Å². The number of rotatable bonds is 7. The number of carbonyl (C=O) groups excluding carboxylic acids is 1. The van der Waals surface area contributed by atoms with Gasteiger partial charge in [-0.05, 0) is 49.9 Å². The lowest BCUT2D eigenvalue weighted by Gasteiger charge is -2.31. The van der Waals surface area contributed by atoms with E-state index in [1.165, 1.54) is 0 Å². The van der Waals surface area contributed by atoms with Crippen LogP contribution in [0.15, 0.2) is 40.9 Å². The number of piperidine rings is 1. The molecule has 3 rings (SSSR count). The number of ether oxygens (including phenoxy) is 1. The second kappa shape index (κ2) is 8.78. The van der Waals surface area contributed by atoms with Crippen LogP contribution in [0, 0.1) is 11.8 Å². The Morgan fingerprint density at radius 3 is 3.00 bits per heavy atom. The van der Waals surface area contributed by atoms with Gasteiger partial charge >= 0.3 is 0 Å². The van der Waals surface area contributed by atoms with E-state index in [0.717, 1.165) is 43.1 Å². The summed E-state index contributed by atoms with van der Waals surface area (Å²) in [6.07, 6.45) is 2.34. The van der Waals surface area contributed by atoms with Crippen LogP contribution in [-0.2, 0) is 22.6 Å². The Kier molecular flexibility index (Phi) is 6.19. The number of hydrogen-bond acceptors (Lipinski definition) is 5. The fraction of sp³-hybridized carbons (Fsp3) is 0.474. The summed E-state index contributed by atoms with van der Waals surface area (Å²) < 4.78 is 10.3. The minimum atomic E-state index is 0.0725. The molecule has 134 valence electrons. The molecule has 2 unspecified atom stereocenters. The van der Waals surface area contributed by atoms with Crippen LogP contribution in [0.3, 0.4) is 0 Å². The molecule has 2 aromatic rings. The summed E-state index contributed by atoms with van der Waals surface area (Å²) in [4.78, 5) is 12.4. The number of benzene rings is 1. The number of hydrogen-bond donors (Lipinski definition) is 2. The molecule has 0 bridgehead atoms. The van der Waals surface area contributed by atoms with E-state index < -0.39 is 0 Å². The Hall–Kier alpha value is -2.18. The Labute approximate surface area is 147 Å². The van der Waals surface area contributed by atoms with Crippen LogP contribution in [-0.4, -0.2) is 31.3 Å². The van der Waals surface area contributed by atoms with Crippen LogP contribution in [0.5, 0.6) is 0 Å². The van der Waals surface area contributed by atoms with Crippen LogP contribution in [0.4, 0.5) is 5.69 Å². The predicted molar refractivity (Wildman–Crippen MR) is 95.1 cm³/mol. The van der Waals surface area contributed by atoms with Gasteiger partial charge < -0.3 is 19.9 Å². The molecule has 6 heteroatoms. The number of carbonyl (C=O) groups is 1. The molecule has 1 aromatic heterocycles. The quantitative estimate of drug-likeness (QED) is 0.808. The highest BCUT2D eigenvalue weighted by Gasteiger charge is 2.28. The van der Waals surface area contributed by atoms with Gasteiger partial charge in [-0.1, -0.05) is 23.4 Å². The van der Waals surface area contributed by atoms with E-state index in [-0.39, 0.29) is 5.91 Å². The van der Waals surface area contributed by atoms with Crippen LogP contribution in [0.2, 0.25) is 0 Å². The number of nitrogens with one attached hydrogen (secondary N) is 2. The van der Waals surface area contributed by atoms with Crippen LogP contribution in [0.1, 0.15) is 24.3 Å². The van der Waals surface area contributed by atoms with Gasteiger partial charge in [-0.25, -0.2) is 0 Å². The number of para-hydroxylation sites is 1. The standard InChI is InChI=1S/C19H25N3O3/c1-24-13-18-11-17(22-25-18)9-15-12-20-8-7-14(15)10-19(23)21-16-5-3-2-4-6-16/h2-6,11,14-15,20H,7-10,12-13H2,1H3,(H,21,23). The average Bonchev–Trinajstić information content (AvgIpc) is 3.05.